The molecular weight excluding hydrogens is 120 g/mol. The summed E-state index contributed by atoms with van der Waals surface area (Å²) < 4.78 is 0. The van der Waals surface area contributed by atoms with Crippen LogP contribution >= 0.6 is 0 Å². The van der Waals surface area contributed by atoms with E-state index in [2.05, 4.69) is 10.7 Å². The van der Waals surface area contributed by atoms with E-state index < -0.39 is 0 Å². The third-order valence-corrected chi connectivity index (χ3v) is 0.658. The Labute approximate surface area is 53.1 Å². The molecule has 52 valence electrons. The van der Waals surface area contributed by atoms with Gasteiger partial charge in [-0.25, -0.2) is 0 Å². The Kier molecular flexibility index (Phi) is 4.25. The SMILES string of the molecule is NN/C=C(\N)CNC=O. The fourth-order valence-corrected chi connectivity index (χ4v) is 0.318. The van der Waals surface area contributed by atoms with Crippen molar-refractivity contribution in [1.82, 2.24) is 10.7 Å². The third kappa shape index (κ3) is 4.63. The van der Waals surface area contributed by atoms with Crippen LogP contribution in [0.1, 0.15) is 0 Å². The number of rotatable bonds is 4. The zero-order chi connectivity index (χ0) is 7.11. The highest BCUT2D eigenvalue weighted by atomic mass is 16.1. The largest absolute Gasteiger partial charge is 0.399 e. The van der Waals surface area contributed by atoms with Crippen LogP contribution in [0.15, 0.2) is 11.9 Å². The Morgan fingerprint density at radius 1 is 1.67 bits per heavy atom. The average Bonchev–Trinajstić information content (AvgIpc) is 1.85. The fourth-order valence-electron chi connectivity index (χ4n) is 0.318. The van der Waals surface area contributed by atoms with Crippen LogP contribution in [0.25, 0.3) is 0 Å². The van der Waals surface area contributed by atoms with Gasteiger partial charge in [0.15, 0.2) is 0 Å². The number of nitrogens with two attached hydrogens (primary N) is 2. The summed E-state index contributed by atoms with van der Waals surface area (Å²) in [6.07, 6.45) is 1.97. The smallest absolute Gasteiger partial charge is 0.207 e. The molecule has 0 aliphatic carbocycles. The Bertz CT molecular complexity index is 111. The number of hydrogen-bond acceptors (Lipinski definition) is 4. The summed E-state index contributed by atoms with van der Waals surface area (Å²) in [5, 5.41) is 2.36. The van der Waals surface area contributed by atoms with E-state index in [-0.39, 0.29) is 0 Å². The zero-order valence-corrected chi connectivity index (χ0v) is 4.92. The molecule has 0 fully saturated rings. The number of carbonyl (C=O) groups is 1. The summed E-state index contributed by atoms with van der Waals surface area (Å²) in [5.74, 6) is 4.88. The number of carbonyl (C=O) groups excluding carboxylic acids is 1. The molecule has 0 unspecified atom stereocenters. The van der Waals surface area contributed by atoms with Crippen LogP contribution in [0.5, 0.6) is 0 Å². The molecule has 5 nitrogen and oxygen atoms in total. The van der Waals surface area contributed by atoms with E-state index in [1.165, 1.54) is 6.20 Å². The molecule has 0 bridgehead atoms. The van der Waals surface area contributed by atoms with Crippen LogP contribution in [0, 0.1) is 0 Å². The molecule has 0 saturated heterocycles. The lowest BCUT2D eigenvalue weighted by atomic mass is 10.5. The molecule has 0 aromatic heterocycles. The Morgan fingerprint density at radius 2 is 2.33 bits per heavy atom. The predicted octanol–water partition coefficient (Wildman–Crippen LogP) is -2.00. The third-order valence-electron chi connectivity index (χ3n) is 0.658. The van der Waals surface area contributed by atoms with Crippen LogP contribution in [0.3, 0.4) is 0 Å². The van der Waals surface area contributed by atoms with Gasteiger partial charge in [0.25, 0.3) is 0 Å². The summed E-state index contributed by atoms with van der Waals surface area (Å²) in [4.78, 5) is 9.67. The number of nitrogens with one attached hydrogen (secondary N) is 2. The molecule has 0 heterocycles. The second-order valence-corrected chi connectivity index (χ2v) is 1.38. The van der Waals surface area contributed by atoms with Crippen molar-refractivity contribution in [2.75, 3.05) is 6.54 Å². The van der Waals surface area contributed by atoms with Gasteiger partial charge < -0.3 is 16.5 Å². The van der Waals surface area contributed by atoms with Gasteiger partial charge in [-0.05, 0) is 0 Å². The van der Waals surface area contributed by atoms with Gasteiger partial charge >= 0.3 is 0 Å². The number of hydrogen-bond donors (Lipinski definition) is 4. The van der Waals surface area contributed by atoms with Crippen LogP contribution < -0.4 is 22.3 Å². The van der Waals surface area contributed by atoms with Crippen molar-refractivity contribution in [3.63, 3.8) is 0 Å². The summed E-state index contributed by atoms with van der Waals surface area (Å²) in [5.41, 5.74) is 7.98. The molecule has 6 N–H and O–H groups in total. The van der Waals surface area contributed by atoms with Gasteiger partial charge in [-0.3, -0.25) is 10.6 Å². The molecule has 0 atom stereocenters. The maximum absolute atomic E-state index is 9.67. The first kappa shape index (κ1) is 7.77. The standard InChI is InChI=1S/C4H10N4O/c5-4(2-8-6)1-7-3-9/h2-3,8H,1,5-6H2,(H,7,9)/b4-2-. The first-order valence-corrected chi connectivity index (χ1v) is 2.39. The van der Waals surface area contributed by atoms with Crippen molar-refractivity contribution in [3.8, 4) is 0 Å². The predicted molar refractivity (Wildman–Crippen MR) is 33.7 cm³/mol. The highest BCUT2D eigenvalue weighted by Crippen LogP contribution is 1.72. The molecule has 0 spiro atoms. The van der Waals surface area contributed by atoms with Crippen LogP contribution in [0.4, 0.5) is 0 Å². The van der Waals surface area contributed by atoms with Crippen LogP contribution in [0.2, 0.25) is 0 Å². The highest BCUT2D eigenvalue weighted by Gasteiger charge is 1.83. The molecule has 9 heavy (non-hydrogen) atoms. The van der Waals surface area contributed by atoms with Gasteiger partial charge in [-0.1, -0.05) is 0 Å². The van der Waals surface area contributed by atoms with Gasteiger partial charge in [0.2, 0.25) is 6.41 Å². The van der Waals surface area contributed by atoms with Crippen molar-refractivity contribution in [1.29, 1.82) is 0 Å². The Balaban J connectivity index is 3.36. The second-order valence-electron chi connectivity index (χ2n) is 1.38. The van der Waals surface area contributed by atoms with Crippen molar-refractivity contribution in [3.05, 3.63) is 11.9 Å². The summed E-state index contributed by atoms with van der Waals surface area (Å²) in [6.45, 7) is 0.313. The highest BCUT2D eigenvalue weighted by molar-refractivity contribution is 5.46. The van der Waals surface area contributed by atoms with Gasteiger partial charge in [-0.2, -0.15) is 0 Å². The van der Waals surface area contributed by atoms with Gasteiger partial charge in [0, 0.05) is 11.9 Å². The minimum absolute atomic E-state index is 0.313. The molecule has 0 aliphatic rings. The second kappa shape index (κ2) is 4.92. The molecule has 0 aliphatic heterocycles. The lowest BCUT2D eigenvalue weighted by molar-refractivity contribution is -0.109. The van der Waals surface area contributed by atoms with E-state index in [0.717, 1.165) is 0 Å². The van der Waals surface area contributed by atoms with E-state index in [9.17, 15) is 4.79 Å². The molecule has 1 amide bonds. The quantitative estimate of drug-likeness (QED) is 0.201. The molecular formula is C4H10N4O. The lowest BCUT2D eigenvalue weighted by Crippen LogP contribution is -2.23. The van der Waals surface area contributed by atoms with Gasteiger partial charge in [0.05, 0.1) is 6.54 Å². The molecule has 0 radical (unpaired) electrons. The van der Waals surface area contributed by atoms with Gasteiger partial charge in [-0.15, -0.1) is 0 Å². The van der Waals surface area contributed by atoms with E-state index in [4.69, 9.17) is 11.6 Å². The van der Waals surface area contributed by atoms with Crippen LogP contribution in [-0.4, -0.2) is 13.0 Å². The number of hydrazine groups is 1. The molecule has 0 saturated carbocycles. The van der Waals surface area contributed by atoms with Crippen molar-refractivity contribution < 1.29 is 4.79 Å². The normalized spacial score (nSPS) is 10.6. The topological polar surface area (TPSA) is 93.2 Å². The maximum Gasteiger partial charge on any atom is 0.207 e. The van der Waals surface area contributed by atoms with E-state index in [0.29, 0.717) is 18.7 Å². The minimum Gasteiger partial charge on any atom is -0.399 e. The molecule has 5 heteroatoms. The Morgan fingerprint density at radius 3 is 2.78 bits per heavy atom. The summed E-state index contributed by atoms with van der Waals surface area (Å²) >= 11 is 0. The van der Waals surface area contributed by atoms with E-state index >= 15 is 0 Å². The van der Waals surface area contributed by atoms with Crippen LogP contribution in [-0.2, 0) is 4.79 Å². The van der Waals surface area contributed by atoms with Gasteiger partial charge in [0.1, 0.15) is 0 Å². The average molecular weight is 130 g/mol. The molecule has 0 aromatic rings. The molecule has 0 aromatic carbocycles. The zero-order valence-electron chi connectivity index (χ0n) is 4.92. The monoisotopic (exact) mass is 130 g/mol. The Hall–Kier alpha value is -1.23. The first-order valence-electron chi connectivity index (χ1n) is 2.39. The van der Waals surface area contributed by atoms with Crippen molar-refractivity contribution >= 4 is 6.41 Å². The summed E-state index contributed by atoms with van der Waals surface area (Å²) in [6, 6.07) is 0. The minimum atomic E-state index is 0.313. The summed E-state index contributed by atoms with van der Waals surface area (Å²) in [7, 11) is 0. The van der Waals surface area contributed by atoms with Crippen molar-refractivity contribution in [2.45, 2.75) is 0 Å². The molecule has 0 rings (SSSR count). The van der Waals surface area contributed by atoms with E-state index in [1.807, 2.05) is 0 Å². The number of amides is 1. The maximum atomic E-state index is 9.67. The fraction of sp³-hybridized carbons (Fsp3) is 0.250. The van der Waals surface area contributed by atoms with Crippen molar-refractivity contribution in [2.24, 2.45) is 11.6 Å². The van der Waals surface area contributed by atoms with E-state index in [1.54, 1.807) is 0 Å². The lowest BCUT2D eigenvalue weighted by Gasteiger charge is -1.97. The first-order chi connectivity index (χ1) is 4.31.